The molecule has 0 spiro atoms. The summed E-state index contributed by atoms with van der Waals surface area (Å²) < 4.78 is 0. The first-order chi connectivity index (χ1) is 9.29. The number of carbonyl (C=O) groups excluding carboxylic acids is 1. The van der Waals surface area contributed by atoms with Crippen LogP contribution in [0.4, 0.5) is 0 Å². The van der Waals surface area contributed by atoms with E-state index in [9.17, 15) is 4.79 Å². The third kappa shape index (κ3) is 5.41. The van der Waals surface area contributed by atoms with Crippen molar-refractivity contribution in [2.24, 2.45) is 11.1 Å². The standard InChI is InChI=1S/C16H33N3O/c1-15(2)8-7-12-19(13-10-15)11-6-5-9-16(3,18-4)14(17)20/h18H,5-13H2,1-4H3,(H2,17,20). The average molecular weight is 283 g/mol. The van der Waals surface area contributed by atoms with Crippen LogP contribution >= 0.6 is 0 Å². The molecule has 0 aromatic rings. The number of hydrogen-bond acceptors (Lipinski definition) is 3. The SMILES string of the molecule is CNC(C)(CCCCN1CCCC(C)(C)CC1)C(N)=O. The van der Waals surface area contributed by atoms with Crippen molar-refractivity contribution in [1.29, 1.82) is 0 Å². The molecule has 0 radical (unpaired) electrons. The Labute approximate surface area is 124 Å². The van der Waals surface area contributed by atoms with Gasteiger partial charge in [0.15, 0.2) is 0 Å². The lowest BCUT2D eigenvalue weighted by molar-refractivity contribution is -0.123. The molecule has 1 unspecified atom stereocenters. The van der Waals surface area contributed by atoms with E-state index in [2.05, 4.69) is 24.1 Å². The number of hydrogen-bond donors (Lipinski definition) is 2. The number of unbranched alkanes of at least 4 members (excludes halogenated alkanes) is 1. The lowest BCUT2D eigenvalue weighted by Gasteiger charge is -2.26. The molecule has 1 rings (SSSR count). The molecule has 0 saturated carbocycles. The Balaban J connectivity index is 2.26. The predicted octanol–water partition coefficient (Wildman–Crippen LogP) is 2.13. The van der Waals surface area contributed by atoms with Gasteiger partial charge in [-0.15, -0.1) is 0 Å². The van der Waals surface area contributed by atoms with Crippen molar-refractivity contribution in [3.05, 3.63) is 0 Å². The van der Waals surface area contributed by atoms with Gasteiger partial charge in [-0.3, -0.25) is 4.79 Å². The number of nitrogens with one attached hydrogen (secondary N) is 1. The van der Waals surface area contributed by atoms with E-state index in [1.54, 1.807) is 0 Å². The molecule has 20 heavy (non-hydrogen) atoms. The van der Waals surface area contributed by atoms with Crippen LogP contribution in [-0.4, -0.2) is 43.0 Å². The van der Waals surface area contributed by atoms with Crippen LogP contribution in [-0.2, 0) is 4.79 Å². The maximum absolute atomic E-state index is 11.4. The molecule has 0 aliphatic carbocycles. The summed E-state index contributed by atoms with van der Waals surface area (Å²) in [4.78, 5) is 14.0. The van der Waals surface area contributed by atoms with Gasteiger partial charge in [0.2, 0.25) is 5.91 Å². The highest BCUT2D eigenvalue weighted by atomic mass is 16.1. The molecule has 0 bridgehead atoms. The van der Waals surface area contributed by atoms with E-state index in [1.807, 2.05) is 14.0 Å². The number of nitrogens with two attached hydrogens (primary N) is 1. The summed E-state index contributed by atoms with van der Waals surface area (Å²) in [6.45, 7) is 10.2. The number of rotatable bonds is 7. The minimum absolute atomic E-state index is 0.253. The van der Waals surface area contributed by atoms with E-state index in [0.717, 1.165) is 25.8 Å². The maximum atomic E-state index is 11.4. The van der Waals surface area contributed by atoms with Crippen LogP contribution < -0.4 is 11.1 Å². The second kappa shape index (κ2) is 7.41. The van der Waals surface area contributed by atoms with Gasteiger partial charge in [-0.1, -0.05) is 13.8 Å². The van der Waals surface area contributed by atoms with Gasteiger partial charge < -0.3 is 16.0 Å². The minimum atomic E-state index is -0.555. The third-order valence-electron chi connectivity index (χ3n) is 4.93. The van der Waals surface area contributed by atoms with Crippen LogP contribution in [0.3, 0.4) is 0 Å². The third-order valence-corrected chi connectivity index (χ3v) is 4.93. The summed E-state index contributed by atoms with van der Waals surface area (Å²) in [5.41, 5.74) is 5.40. The molecule has 1 aliphatic heterocycles. The van der Waals surface area contributed by atoms with Crippen LogP contribution in [0.5, 0.6) is 0 Å². The number of likely N-dealkylation sites (N-methyl/N-ethyl adjacent to an activating group) is 1. The Morgan fingerprint density at radius 3 is 2.60 bits per heavy atom. The zero-order valence-corrected chi connectivity index (χ0v) is 13.8. The lowest BCUT2D eigenvalue weighted by atomic mass is 9.85. The zero-order chi connectivity index (χ0) is 15.2. The highest BCUT2D eigenvalue weighted by Crippen LogP contribution is 2.29. The molecule has 1 fully saturated rings. The van der Waals surface area contributed by atoms with E-state index in [0.29, 0.717) is 5.41 Å². The van der Waals surface area contributed by atoms with Gasteiger partial charge in [-0.05, 0) is 77.5 Å². The molecule has 1 amide bonds. The van der Waals surface area contributed by atoms with E-state index < -0.39 is 5.54 Å². The fraction of sp³-hybridized carbons (Fsp3) is 0.938. The first kappa shape index (κ1) is 17.4. The topological polar surface area (TPSA) is 58.4 Å². The van der Waals surface area contributed by atoms with Gasteiger partial charge in [0.05, 0.1) is 5.54 Å². The molecule has 0 aromatic carbocycles. The average Bonchev–Trinajstić information content (AvgIpc) is 2.55. The normalized spacial score (nSPS) is 23.0. The van der Waals surface area contributed by atoms with Crippen molar-refractivity contribution in [3.8, 4) is 0 Å². The van der Waals surface area contributed by atoms with E-state index in [-0.39, 0.29) is 5.91 Å². The number of amides is 1. The molecule has 4 nitrogen and oxygen atoms in total. The summed E-state index contributed by atoms with van der Waals surface area (Å²) in [6.07, 6.45) is 6.94. The number of primary amides is 1. The van der Waals surface area contributed by atoms with Gasteiger partial charge in [-0.25, -0.2) is 0 Å². The summed E-state index contributed by atoms with van der Waals surface area (Å²) >= 11 is 0. The number of nitrogens with zero attached hydrogens (tertiary/aromatic N) is 1. The molecule has 4 heteroatoms. The van der Waals surface area contributed by atoms with Crippen LogP contribution in [0.15, 0.2) is 0 Å². The highest BCUT2D eigenvalue weighted by Gasteiger charge is 2.28. The quantitative estimate of drug-likeness (QED) is 0.704. The van der Waals surface area contributed by atoms with Gasteiger partial charge in [0, 0.05) is 0 Å². The molecular formula is C16H33N3O. The minimum Gasteiger partial charge on any atom is -0.368 e. The molecule has 1 aliphatic rings. The summed E-state index contributed by atoms with van der Waals surface area (Å²) in [7, 11) is 1.81. The largest absolute Gasteiger partial charge is 0.368 e. The predicted molar refractivity (Wildman–Crippen MR) is 84.6 cm³/mol. The smallest absolute Gasteiger partial charge is 0.237 e. The molecule has 0 aromatic heterocycles. The monoisotopic (exact) mass is 283 g/mol. The van der Waals surface area contributed by atoms with Crippen LogP contribution in [0.25, 0.3) is 0 Å². The van der Waals surface area contributed by atoms with Gasteiger partial charge >= 0.3 is 0 Å². The Kier molecular flexibility index (Phi) is 6.46. The maximum Gasteiger partial charge on any atom is 0.237 e. The summed E-state index contributed by atoms with van der Waals surface area (Å²) in [5.74, 6) is -0.253. The van der Waals surface area contributed by atoms with Crippen LogP contribution in [0.1, 0.15) is 59.3 Å². The van der Waals surface area contributed by atoms with Gasteiger partial charge in [0.1, 0.15) is 0 Å². The Bertz CT molecular complexity index is 317. The summed E-state index contributed by atoms with van der Waals surface area (Å²) in [6, 6.07) is 0. The molecule has 1 saturated heterocycles. The van der Waals surface area contributed by atoms with E-state index in [4.69, 9.17) is 5.73 Å². The summed E-state index contributed by atoms with van der Waals surface area (Å²) in [5, 5.41) is 3.05. The Hall–Kier alpha value is -0.610. The highest BCUT2D eigenvalue weighted by molar-refractivity contribution is 5.84. The second-order valence-electron chi connectivity index (χ2n) is 7.26. The number of likely N-dealkylation sites (tertiary alicyclic amines) is 1. The second-order valence-corrected chi connectivity index (χ2v) is 7.26. The fourth-order valence-corrected chi connectivity index (χ4v) is 2.89. The van der Waals surface area contributed by atoms with Crippen molar-refractivity contribution < 1.29 is 4.79 Å². The van der Waals surface area contributed by atoms with E-state index in [1.165, 1.54) is 32.4 Å². The first-order valence-corrected chi connectivity index (χ1v) is 8.00. The fourth-order valence-electron chi connectivity index (χ4n) is 2.89. The Morgan fingerprint density at radius 1 is 1.30 bits per heavy atom. The molecule has 118 valence electrons. The van der Waals surface area contributed by atoms with Crippen molar-refractivity contribution >= 4 is 5.91 Å². The molecule has 1 atom stereocenters. The van der Waals surface area contributed by atoms with Crippen molar-refractivity contribution in [2.45, 2.75) is 64.8 Å². The van der Waals surface area contributed by atoms with Crippen molar-refractivity contribution in [3.63, 3.8) is 0 Å². The molecular weight excluding hydrogens is 250 g/mol. The van der Waals surface area contributed by atoms with Crippen molar-refractivity contribution in [1.82, 2.24) is 10.2 Å². The van der Waals surface area contributed by atoms with E-state index >= 15 is 0 Å². The zero-order valence-electron chi connectivity index (χ0n) is 13.8. The van der Waals surface area contributed by atoms with Gasteiger partial charge in [0.25, 0.3) is 0 Å². The Morgan fingerprint density at radius 2 is 2.00 bits per heavy atom. The van der Waals surface area contributed by atoms with Crippen LogP contribution in [0.2, 0.25) is 0 Å². The van der Waals surface area contributed by atoms with Crippen molar-refractivity contribution in [2.75, 3.05) is 26.7 Å². The first-order valence-electron chi connectivity index (χ1n) is 8.00. The lowest BCUT2D eigenvalue weighted by Crippen LogP contribution is -2.51. The van der Waals surface area contributed by atoms with Crippen LogP contribution in [0, 0.1) is 5.41 Å². The number of carbonyl (C=O) groups is 1. The molecule has 3 N–H and O–H groups in total. The molecule has 1 heterocycles. The van der Waals surface area contributed by atoms with Gasteiger partial charge in [-0.2, -0.15) is 0 Å².